The van der Waals surface area contributed by atoms with E-state index in [-0.39, 0.29) is 0 Å². The van der Waals surface area contributed by atoms with Gasteiger partial charge in [0.1, 0.15) is 0 Å². The van der Waals surface area contributed by atoms with E-state index in [0.29, 0.717) is 6.04 Å². The summed E-state index contributed by atoms with van der Waals surface area (Å²) in [6.07, 6.45) is 2.37. The van der Waals surface area contributed by atoms with E-state index in [9.17, 15) is 0 Å². The minimum Gasteiger partial charge on any atom is -0.310 e. The van der Waals surface area contributed by atoms with Gasteiger partial charge in [-0.2, -0.15) is 0 Å². The van der Waals surface area contributed by atoms with Gasteiger partial charge in [-0.3, -0.25) is 0 Å². The van der Waals surface area contributed by atoms with Crippen LogP contribution in [-0.2, 0) is 6.42 Å². The summed E-state index contributed by atoms with van der Waals surface area (Å²) in [5.41, 5.74) is 2.85. The fraction of sp³-hybridized carbons (Fsp3) is 0.455. The van der Waals surface area contributed by atoms with Crippen molar-refractivity contribution in [3.8, 4) is 0 Å². The van der Waals surface area contributed by atoms with Crippen LogP contribution in [0.15, 0.2) is 18.2 Å². The van der Waals surface area contributed by atoms with Crippen molar-refractivity contribution in [1.29, 1.82) is 0 Å². The molecule has 0 amide bonds. The summed E-state index contributed by atoms with van der Waals surface area (Å²) in [7, 11) is 0. The fourth-order valence-corrected chi connectivity index (χ4v) is 2.24. The maximum absolute atomic E-state index is 5.93. The molecule has 0 fully saturated rings. The lowest BCUT2D eigenvalue weighted by Gasteiger charge is -2.11. The Bertz CT molecular complexity index is 309. The molecule has 1 N–H and O–H groups in total. The Morgan fingerprint density at radius 3 is 3.15 bits per heavy atom. The Kier molecular flexibility index (Phi) is 2.56. The SMILES string of the molecule is CCNC1CCc2cc(Cl)ccc21. The number of aryl methyl sites for hydroxylation is 1. The maximum atomic E-state index is 5.93. The third-order valence-electron chi connectivity index (χ3n) is 2.63. The Morgan fingerprint density at radius 2 is 2.38 bits per heavy atom. The van der Waals surface area contributed by atoms with Gasteiger partial charge < -0.3 is 5.32 Å². The molecule has 1 aliphatic carbocycles. The molecule has 1 unspecified atom stereocenters. The zero-order valence-corrected chi connectivity index (χ0v) is 8.56. The quantitative estimate of drug-likeness (QED) is 0.765. The molecule has 0 heterocycles. The summed E-state index contributed by atoms with van der Waals surface area (Å²) in [4.78, 5) is 0. The molecule has 0 aliphatic heterocycles. The van der Waals surface area contributed by atoms with E-state index in [1.807, 2.05) is 6.07 Å². The number of benzene rings is 1. The first-order chi connectivity index (χ1) is 6.31. The number of halogens is 1. The largest absolute Gasteiger partial charge is 0.310 e. The standard InChI is InChI=1S/C11H14ClN/c1-2-13-11-6-3-8-7-9(12)4-5-10(8)11/h4-5,7,11,13H,2-3,6H2,1H3. The van der Waals surface area contributed by atoms with Gasteiger partial charge in [0, 0.05) is 11.1 Å². The first kappa shape index (κ1) is 9.04. The van der Waals surface area contributed by atoms with E-state index in [1.54, 1.807) is 0 Å². The summed E-state index contributed by atoms with van der Waals surface area (Å²) >= 11 is 5.93. The summed E-state index contributed by atoms with van der Waals surface area (Å²) in [5, 5.41) is 4.33. The second-order valence-electron chi connectivity index (χ2n) is 3.49. The highest BCUT2D eigenvalue weighted by Crippen LogP contribution is 2.32. The molecule has 0 saturated heterocycles. The van der Waals surface area contributed by atoms with Crippen molar-refractivity contribution in [3.63, 3.8) is 0 Å². The Hall–Kier alpha value is -0.530. The highest BCUT2D eigenvalue weighted by molar-refractivity contribution is 6.30. The molecule has 13 heavy (non-hydrogen) atoms. The van der Waals surface area contributed by atoms with Crippen molar-refractivity contribution in [2.45, 2.75) is 25.8 Å². The van der Waals surface area contributed by atoms with Crippen LogP contribution in [0.2, 0.25) is 5.02 Å². The fourth-order valence-electron chi connectivity index (χ4n) is 2.04. The van der Waals surface area contributed by atoms with E-state index < -0.39 is 0 Å². The molecule has 0 saturated carbocycles. The van der Waals surface area contributed by atoms with Gasteiger partial charge in [0.2, 0.25) is 0 Å². The van der Waals surface area contributed by atoms with Crippen LogP contribution >= 0.6 is 11.6 Å². The molecular weight excluding hydrogens is 182 g/mol. The van der Waals surface area contributed by atoms with Crippen LogP contribution < -0.4 is 5.32 Å². The second-order valence-corrected chi connectivity index (χ2v) is 3.93. The summed E-state index contributed by atoms with van der Waals surface area (Å²) < 4.78 is 0. The van der Waals surface area contributed by atoms with Gasteiger partial charge in [-0.25, -0.2) is 0 Å². The molecule has 2 rings (SSSR count). The average molecular weight is 196 g/mol. The number of hydrogen-bond acceptors (Lipinski definition) is 1. The van der Waals surface area contributed by atoms with Crippen LogP contribution in [-0.4, -0.2) is 6.54 Å². The van der Waals surface area contributed by atoms with Crippen molar-refractivity contribution in [2.75, 3.05) is 6.54 Å². The van der Waals surface area contributed by atoms with Crippen LogP contribution in [0.25, 0.3) is 0 Å². The smallest absolute Gasteiger partial charge is 0.0408 e. The van der Waals surface area contributed by atoms with E-state index in [2.05, 4.69) is 24.4 Å². The van der Waals surface area contributed by atoms with E-state index >= 15 is 0 Å². The van der Waals surface area contributed by atoms with Crippen LogP contribution in [0, 0.1) is 0 Å². The lowest BCUT2D eigenvalue weighted by Crippen LogP contribution is -2.18. The second kappa shape index (κ2) is 3.69. The molecule has 1 aromatic carbocycles. The first-order valence-electron chi connectivity index (χ1n) is 4.83. The van der Waals surface area contributed by atoms with Gasteiger partial charge in [-0.05, 0) is 42.6 Å². The molecule has 0 spiro atoms. The summed E-state index contributed by atoms with van der Waals surface area (Å²) in [5.74, 6) is 0. The lowest BCUT2D eigenvalue weighted by molar-refractivity contribution is 0.549. The minimum absolute atomic E-state index is 0.553. The number of hydrogen-bond donors (Lipinski definition) is 1. The summed E-state index contributed by atoms with van der Waals surface area (Å²) in [6, 6.07) is 6.78. The van der Waals surface area contributed by atoms with Crippen molar-refractivity contribution < 1.29 is 0 Å². The molecular formula is C11H14ClN. The number of fused-ring (bicyclic) bond motifs is 1. The molecule has 0 bridgehead atoms. The van der Waals surface area contributed by atoms with Gasteiger partial charge in [-0.15, -0.1) is 0 Å². The molecule has 0 radical (unpaired) electrons. The van der Waals surface area contributed by atoms with Crippen molar-refractivity contribution in [1.82, 2.24) is 5.32 Å². The molecule has 1 nitrogen and oxygen atoms in total. The molecule has 1 aromatic rings. The third kappa shape index (κ3) is 1.72. The zero-order chi connectivity index (χ0) is 9.26. The minimum atomic E-state index is 0.553. The highest BCUT2D eigenvalue weighted by Gasteiger charge is 2.20. The van der Waals surface area contributed by atoms with Crippen LogP contribution in [0.3, 0.4) is 0 Å². The topological polar surface area (TPSA) is 12.0 Å². The van der Waals surface area contributed by atoms with Gasteiger partial charge in [0.25, 0.3) is 0 Å². The number of nitrogens with one attached hydrogen (secondary N) is 1. The van der Waals surface area contributed by atoms with E-state index in [4.69, 9.17) is 11.6 Å². The maximum Gasteiger partial charge on any atom is 0.0408 e. The highest BCUT2D eigenvalue weighted by atomic mass is 35.5. The van der Waals surface area contributed by atoms with E-state index in [1.165, 1.54) is 17.5 Å². The van der Waals surface area contributed by atoms with Crippen LogP contribution in [0.4, 0.5) is 0 Å². The Morgan fingerprint density at radius 1 is 1.54 bits per heavy atom. The first-order valence-corrected chi connectivity index (χ1v) is 5.20. The monoisotopic (exact) mass is 195 g/mol. The van der Waals surface area contributed by atoms with Gasteiger partial charge >= 0.3 is 0 Å². The Labute approximate surface area is 84.1 Å². The van der Waals surface area contributed by atoms with E-state index in [0.717, 1.165) is 18.0 Å². The van der Waals surface area contributed by atoms with Gasteiger partial charge in [0.15, 0.2) is 0 Å². The molecule has 2 heteroatoms. The van der Waals surface area contributed by atoms with Crippen molar-refractivity contribution in [2.24, 2.45) is 0 Å². The van der Waals surface area contributed by atoms with Crippen molar-refractivity contribution >= 4 is 11.6 Å². The summed E-state index contributed by atoms with van der Waals surface area (Å²) in [6.45, 7) is 3.18. The molecule has 70 valence electrons. The molecule has 1 aliphatic rings. The van der Waals surface area contributed by atoms with Crippen molar-refractivity contribution in [3.05, 3.63) is 34.3 Å². The normalized spacial score (nSPS) is 20.3. The lowest BCUT2D eigenvalue weighted by atomic mass is 10.1. The predicted molar refractivity (Wildman–Crippen MR) is 56.2 cm³/mol. The zero-order valence-electron chi connectivity index (χ0n) is 7.81. The average Bonchev–Trinajstić information content (AvgIpc) is 2.49. The Balaban J connectivity index is 2.27. The molecule has 1 atom stereocenters. The van der Waals surface area contributed by atoms with Gasteiger partial charge in [0.05, 0.1) is 0 Å². The van der Waals surface area contributed by atoms with Crippen LogP contribution in [0.1, 0.15) is 30.5 Å². The predicted octanol–water partition coefficient (Wildman–Crippen LogP) is 2.94. The van der Waals surface area contributed by atoms with Gasteiger partial charge in [-0.1, -0.05) is 24.6 Å². The van der Waals surface area contributed by atoms with Crippen LogP contribution in [0.5, 0.6) is 0 Å². The molecule has 0 aromatic heterocycles. The third-order valence-corrected chi connectivity index (χ3v) is 2.87. The number of rotatable bonds is 2.